The van der Waals surface area contributed by atoms with E-state index < -0.39 is 0 Å². The van der Waals surface area contributed by atoms with E-state index in [0.717, 1.165) is 19.5 Å². The summed E-state index contributed by atoms with van der Waals surface area (Å²) in [6.45, 7) is 8.61. The number of nitrogens with one attached hydrogen (secondary N) is 2. The molecular formula is C19H31ClN2O. The number of rotatable bonds is 6. The Morgan fingerprint density at radius 3 is 2.61 bits per heavy atom. The highest BCUT2D eigenvalue weighted by atomic mass is 35.5. The third kappa shape index (κ3) is 6.15. The largest absolute Gasteiger partial charge is 0.349 e. The number of amides is 1. The van der Waals surface area contributed by atoms with Crippen LogP contribution < -0.4 is 10.6 Å². The van der Waals surface area contributed by atoms with Gasteiger partial charge >= 0.3 is 0 Å². The van der Waals surface area contributed by atoms with Crippen molar-refractivity contribution in [3.8, 4) is 0 Å². The van der Waals surface area contributed by atoms with Gasteiger partial charge in [0.2, 0.25) is 5.91 Å². The summed E-state index contributed by atoms with van der Waals surface area (Å²) >= 11 is 0. The summed E-state index contributed by atoms with van der Waals surface area (Å²) in [7, 11) is 0. The second-order valence-corrected chi connectivity index (χ2v) is 6.73. The zero-order valence-electron chi connectivity index (χ0n) is 14.6. The molecule has 1 fully saturated rings. The fraction of sp³-hybridized carbons (Fsp3) is 0.632. The van der Waals surface area contributed by atoms with E-state index in [9.17, 15) is 4.79 Å². The molecule has 0 spiro atoms. The molecule has 2 N–H and O–H groups in total. The van der Waals surface area contributed by atoms with Crippen LogP contribution in [0.25, 0.3) is 0 Å². The molecule has 1 amide bonds. The van der Waals surface area contributed by atoms with Gasteiger partial charge in [-0.2, -0.15) is 0 Å². The number of carbonyl (C=O) groups excluding carboxylic acids is 1. The van der Waals surface area contributed by atoms with Crippen LogP contribution in [0.3, 0.4) is 0 Å². The first-order valence-electron chi connectivity index (χ1n) is 8.66. The van der Waals surface area contributed by atoms with Crippen molar-refractivity contribution in [1.29, 1.82) is 0 Å². The van der Waals surface area contributed by atoms with E-state index in [4.69, 9.17) is 0 Å². The number of piperidine rings is 1. The zero-order valence-corrected chi connectivity index (χ0v) is 15.4. The maximum absolute atomic E-state index is 12.4. The van der Waals surface area contributed by atoms with Crippen LogP contribution in [0.5, 0.6) is 0 Å². The van der Waals surface area contributed by atoms with E-state index in [1.807, 2.05) is 0 Å². The van der Waals surface area contributed by atoms with Crippen molar-refractivity contribution in [2.24, 2.45) is 11.8 Å². The van der Waals surface area contributed by atoms with Gasteiger partial charge in [-0.3, -0.25) is 4.79 Å². The van der Waals surface area contributed by atoms with Crippen molar-refractivity contribution < 1.29 is 4.79 Å². The summed E-state index contributed by atoms with van der Waals surface area (Å²) in [5, 5.41) is 6.65. The number of benzene rings is 1. The summed E-state index contributed by atoms with van der Waals surface area (Å²) in [6, 6.07) is 8.60. The van der Waals surface area contributed by atoms with Gasteiger partial charge < -0.3 is 10.6 Å². The Balaban J connectivity index is 0.00000264. The fourth-order valence-corrected chi connectivity index (χ4v) is 3.30. The van der Waals surface area contributed by atoms with Crippen molar-refractivity contribution >= 4 is 18.3 Å². The Bertz CT molecular complexity index is 469. The molecule has 3 atom stereocenters. The van der Waals surface area contributed by atoms with Gasteiger partial charge in [-0.25, -0.2) is 0 Å². The number of aryl methyl sites for hydroxylation is 1. The van der Waals surface area contributed by atoms with E-state index >= 15 is 0 Å². The number of carbonyl (C=O) groups is 1. The van der Waals surface area contributed by atoms with Crippen molar-refractivity contribution in [2.45, 2.75) is 52.5 Å². The molecule has 1 aliphatic heterocycles. The van der Waals surface area contributed by atoms with Crippen LogP contribution in [-0.4, -0.2) is 19.0 Å². The minimum absolute atomic E-state index is 0. The molecule has 1 aliphatic rings. The molecule has 3 unspecified atom stereocenters. The van der Waals surface area contributed by atoms with Gasteiger partial charge in [-0.1, -0.05) is 43.7 Å². The van der Waals surface area contributed by atoms with E-state index in [-0.39, 0.29) is 24.4 Å². The normalized spacial score (nSPS) is 20.2. The summed E-state index contributed by atoms with van der Waals surface area (Å²) in [5.74, 6) is 1.27. The van der Waals surface area contributed by atoms with Gasteiger partial charge in [0.1, 0.15) is 0 Å². The van der Waals surface area contributed by atoms with E-state index in [0.29, 0.717) is 18.3 Å². The number of halogens is 1. The second-order valence-electron chi connectivity index (χ2n) is 6.73. The lowest BCUT2D eigenvalue weighted by Gasteiger charge is -2.28. The zero-order chi connectivity index (χ0) is 15.9. The second kappa shape index (κ2) is 9.94. The van der Waals surface area contributed by atoms with Gasteiger partial charge in [0.05, 0.1) is 6.04 Å². The summed E-state index contributed by atoms with van der Waals surface area (Å²) in [4.78, 5) is 12.4. The molecule has 1 heterocycles. The molecule has 130 valence electrons. The SMILES string of the molecule is CCC(NC(=O)CC(C)C1CCCNC1)c1ccc(C)cc1.Cl. The van der Waals surface area contributed by atoms with E-state index in [1.54, 1.807) is 0 Å². The van der Waals surface area contributed by atoms with Crippen LogP contribution in [0.2, 0.25) is 0 Å². The summed E-state index contributed by atoms with van der Waals surface area (Å²) in [6.07, 6.45) is 4.04. The Labute approximate surface area is 147 Å². The molecule has 3 nitrogen and oxygen atoms in total. The predicted molar refractivity (Wildman–Crippen MR) is 99.0 cm³/mol. The highest BCUT2D eigenvalue weighted by molar-refractivity contribution is 5.85. The van der Waals surface area contributed by atoms with Crippen LogP contribution >= 0.6 is 12.4 Å². The summed E-state index contributed by atoms with van der Waals surface area (Å²) < 4.78 is 0. The average Bonchev–Trinajstić information content (AvgIpc) is 2.54. The average molecular weight is 339 g/mol. The molecule has 1 saturated heterocycles. The third-order valence-electron chi connectivity index (χ3n) is 4.87. The quantitative estimate of drug-likeness (QED) is 0.822. The molecule has 0 aromatic heterocycles. The van der Waals surface area contributed by atoms with Crippen molar-refractivity contribution in [2.75, 3.05) is 13.1 Å². The maximum Gasteiger partial charge on any atom is 0.220 e. The van der Waals surface area contributed by atoms with Crippen molar-refractivity contribution in [3.63, 3.8) is 0 Å². The molecule has 2 rings (SSSR count). The molecule has 0 radical (unpaired) electrons. The van der Waals surface area contributed by atoms with Crippen LogP contribution in [0.15, 0.2) is 24.3 Å². The lowest BCUT2D eigenvalue weighted by molar-refractivity contribution is -0.123. The van der Waals surface area contributed by atoms with E-state index in [1.165, 1.54) is 24.0 Å². The topological polar surface area (TPSA) is 41.1 Å². The van der Waals surface area contributed by atoms with Crippen LogP contribution in [0.4, 0.5) is 0 Å². The molecule has 0 saturated carbocycles. The van der Waals surface area contributed by atoms with Crippen molar-refractivity contribution in [3.05, 3.63) is 35.4 Å². The van der Waals surface area contributed by atoms with Crippen LogP contribution in [0.1, 0.15) is 56.7 Å². The van der Waals surface area contributed by atoms with Crippen molar-refractivity contribution in [1.82, 2.24) is 10.6 Å². The molecule has 23 heavy (non-hydrogen) atoms. The Morgan fingerprint density at radius 2 is 2.04 bits per heavy atom. The number of hydrogen-bond acceptors (Lipinski definition) is 2. The molecule has 1 aromatic carbocycles. The maximum atomic E-state index is 12.4. The summed E-state index contributed by atoms with van der Waals surface area (Å²) in [5.41, 5.74) is 2.46. The van der Waals surface area contributed by atoms with Gasteiger partial charge in [-0.15, -0.1) is 12.4 Å². The first-order chi connectivity index (χ1) is 10.6. The third-order valence-corrected chi connectivity index (χ3v) is 4.87. The lowest BCUT2D eigenvalue weighted by atomic mass is 9.85. The molecule has 0 bridgehead atoms. The Hall–Kier alpha value is -1.06. The standard InChI is InChI=1S/C19H30N2O.ClH/c1-4-18(16-9-7-14(2)8-10-16)21-19(22)12-15(3)17-6-5-11-20-13-17;/h7-10,15,17-18,20H,4-6,11-13H2,1-3H3,(H,21,22);1H. The monoisotopic (exact) mass is 338 g/mol. The van der Waals surface area contributed by atoms with Crippen LogP contribution in [-0.2, 0) is 4.79 Å². The fourth-order valence-electron chi connectivity index (χ4n) is 3.30. The Morgan fingerprint density at radius 1 is 1.35 bits per heavy atom. The minimum atomic E-state index is 0. The first-order valence-corrected chi connectivity index (χ1v) is 8.66. The van der Waals surface area contributed by atoms with Gasteiger partial charge in [0.25, 0.3) is 0 Å². The highest BCUT2D eigenvalue weighted by Gasteiger charge is 2.23. The predicted octanol–water partition coefficient (Wildman–Crippen LogP) is 4.01. The molecule has 4 heteroatoms. The smallest absolute Gasteiger partial charge is 0.220 e. The van der Waals surface area contributed by atoms with Gasteiger partial charge in [0, 0.05) is 6.42 Å². The lowest BCUT2D eigenvalue weighted by Crippen LogP contribution is -2.36. The van der Waals surface area contributed by atoms with Gasteiger partial charge in [-0.05, 0) is 56.7 Å². The molecule has 1 aromatic rings. The molecular weight excluding hydrogens is 308 g/mol. The minimum Gasteiger partial charge on any atom is -0.349 e. The Kier molecular flexibility index (Phi) is 8.64. The molecule has 0 aliphatic carbocycles. The van der Waals surface area contributed by atoms with E-state index in [2.05, 4.69) is 55.7 Å². The highest BCUT2D eigenvalue weighted by Crippen LogP contribution is 2.23. The first kappa shape index (κ1) is 20.0. The van der Waals surface area contributed by atoms with Crippen LogP contribution in [0, 0.1) is 18.8 Å². The number of hydrogen-bond donors (Lipinski definition) is 2. The van der Waals surface area contributed by atoms with Gasteiger partial charge in [0.15, 0.2) is 0 Å².